The molecule has 1 heterocycles. The second-order valence-electron chi connectivity index (χ2n) is 4.44. The third-order valence-corrected chi connectivity index (χ3v) is 2.81. The summed E-state index contributed by atoms with van der Waals surface area (Å²) in [6, 6.07) is 11.2. The Balaban J connectivity index is 1.94. The van der Waals surface area contributed by atoms with Crippen LogP contribution in [0.1, 0.15) is 15.9 Å². The van der Waals surface area contributed by atoms with E-state index in [1.165, 1.54) is 18.5 Å². The first-order chi connectivity index (χ1) is 9.66. The highest BCUT2D eigenvalue weighted by Gasteiger charge is 2.12. The zero-order chi connectivity index (χ0) is 14.4. The number of pyridine rings is 1. The van der Waals surface area contributed by atoms with Gasteiger partial charge in [-0.15, -0.1) is 0 Å². The van der Waals surface area contributed by atoms with E-state index in [9.17, 15) is 4.79 Å². The van der Waals surface area contributed by atoms with E-state index in [1.807, 2.05) is 30.3 Å². The molecule has 2 rings (SSSR count). The van der Waals surface area contributed by atoms with Crippen molar-refractivity contribution in [2.75, 3.05) is 6.61 Å². The van der Waals surface area contributed by atoms with Gasteiger partial charge < -0.3 is 15.6 Å². The number of nitrogens with zero attached hydrogens (tertiary/aromatic N) is 1. The van der Waals surface area contributed by atoms with E-state index in [1.54, 1.807) is 0 Å². The molecular weight excluding hydrogens is 256 g/mol. The first-order valence-corrected chi connectivity index (χ1v) is 6.26. The number of aromatic carboxylic acids is 1. The van der Waals surface area contributed by atoms with Crippen LogP contribution in [0.3, 0.4) is 0 Å². The van der Waals surface area contributed by atoms with Crippen LogP contribution in [-0.2, 0) is 6.42 Å². The van der Waals surface area contributed by atoms with E-state index < -0.39 is 5.97 Å². The molecule has 20 heavy (non-hydrogen) atoms. The number of carboxylic acid groups (broad SMARTS) is 1. The molecule has 1 aromatic carbocycles. The maximum Gasteiger partial charge on any atom is 0.341 e. The summed E-state index contributed by atoms with van der Waals surface area (Å²) in [6.07, 6.45) is 3.43. The highest BCUT2D eigenvalue weighted by molar-refractivity contribution is 5.90. The normalized spacial score (nSPS) is 11.8. The van der Waals surface area contributed by atoms with Gasteiger partial charge in [-0.2, -0.15) is 0 Å². The molecular formula is C15H16N2O3. The number of benzene rings is 1. The highest BCUT2D eigenvalue weighted by Crippen LogP contribution is 2.16. The van der Waals surface area contributed by atoms with Crippen molar-refractivity contribution in [1.82, 2.24) is 4.98 Å². The topological polar surface area (TPSA) is 85.4 Å². The van der Waals surface area contributed by atoms with Gasteiger partial charge in [-0.25, -0.2) is 4.79 Å². The van der Waals surface area contributed by atoms with Crippen LogP contribution in [0.25, 0.3) is 0 Å². The Kier molecular flexibility index (Phi) is 4.68. The van der Waals surface area contributed by atoms with Gasteiger partial charge in [0.15, 0.2) is 0 Å². The average molecular weight is 272 g/mol. The van der Waals surface area contributed by atoms with E-state index >= 15 is 0 Å². The van der Waals surface area contributed by atoms with Crippen molar-refractivity contribution >= 4 is 5.97 Å². The van der Waals surface area contributed by atoms with Crippen molar-refractivity contribution in [3.63, 3.8) is 0 Å². The standard InChI is InChI=1S/C15H16N2O3/c16-12(8-11-4-2-1-3-5-11)10-20-14-6-7-17-9-13(14)15(18)19/h1-7,9,12H,8,10,16H2,(H,18,19)/t12-/m1/s1. The van der Waals surface area contributed by atoms with Crippen LogP contribution < -0.4 is 10.5 Å². The molecule has 0 unspecified atom stereocenters. The van der Waals surface area contributed by atoms with Gasteiger partial charge >= 0.3 is 5.97 Å². The van der Waals surface area contributed by atoms with Crippen LogP contribution in [0.2, 0.25) is 0 Å². The van der Waals surface area contributed by atoms with Crippen LogP contribution in [-0.4, -0.2) is 28.7 Å². The zero-order valence-corrected chi connectivity index (χ0v) is 10.9. The molecule has 0 aliphatic rings. The second kappa shape index (κ2) is 6.68. The minimum absolute atomic E-state index is 0.0411. The van der Waals surface area contributed by atoms with E-state index in [0.29, 0.717) is 6.42 Å². The van der Waals surface area contributed by atoms with Crippen molar-refractivity contribution in [2.24, 2.45) is 5.73 Å². The van der Waals surface area contributed by atoms with Gasteiger partial charge in [0.05, 0.1) is 0 Å². The summed E-state index contributed by atoms with van der Waals surface area (Å²) in [5.41, 5.74) is 7.15. The number of carbonyl (C=O) groups is 1. The third-order valence-electron chi connectivity index (χ3n) is 2.81. The first-order valence-electron chi connectivity index (χ1n) is 6.26. The number of carboxylic acids is 1. The SMILES string of the molecule is N[C@@H](COc1ccncc1C(=O)O)Cc1ccccc1. The van der Waals surface area contributed by atoms with Gasteiger partial charge in [-0.05, 0) is 18.1 Å². The maximum atomic E-state index is 11.0. The molecule has 104 valence electrons. The highest BCUT2D eigenvalue weighted by atomic mass is 16.5. The second-order valence-corrected chi connectivity index (χ2v) is 4.44. The van der Waals surface area contributed by atoms with Crippen molar-refractivity contribution in [3.05, 3.63) is 59.9 Å². The van der Waals surface area contributed by atoms with Crippen LogP contribution >= 0.6 is 0 Å². The maximum absolute atomic E-state index is 11.0. The van der Waals surface area contributed by atoms with Crippen molar-refractivity contribution < 1.29 is 14.6 Å². The molecule has 0 spiro atoms. The van der Waals surface area contributed by atoms with Crippen LogP contribution in [0.5, 0.6) is 5.75 Å². The Morgan fingerprint density at radius 2 is 2.05 bits per heavy atom. The first kappa shape index (κ1) is 14.0. The quantitative estimate of drug-likeness (QED) is 0.836. The lowest BCUT2D eigenvalue weighted by Crippen LogP contribution is -2.30. The number of hydrogen-bond donors (Lipinski definition) is 2. The molecule has 0 aliphatic heterocycles. The molecule has 3 N–H and O–H groups in total. The predicted octanol–water partition coefficient (Wildman–Crippen LogP) is 1.73. The third kappa shape index (κ3) is 3.80. The summed E-state index contributed by atoms with van der Waals surface area (Å²) in [4.78, 5) is 14.8. The molecule has 0 fully saturated rings. The fourth-order valence-electron chi connectivity index (χ4n) is 1.84. The summed E-state index contributed by atoms with van der Waals surface area (Å²) >= 11 is 0. The van der Waals surface area contributed by atoms with Gasteiger partial charge in [0.2, 0.25) is 0 Å². The van der Waals surface area contributed by atoms with Crippen molar-refractivity contribution in [1.29, 1.82) is 0 Å². The van der Waals surface area contributed by atoms with E-state index in [-0.39, 0.29) is 24.0 Å². The summed E-state index contributed by atoms with van der Waals surface area (Å²) < 4.78 is 5.49. The Bertz CT molecular complexity index is 572. The molecule has 0 amide bonds. The molecule has 0 bridgehead atoms. The molecule has 0 aliphatic carbocycles. The minimum Gasteiger partial charge on any atom is -0.491 e. The molecule has 1 atom stereocenters. The van der Waals surface area contributed by atoms with Crippen LogP contribution in [0, 0.1) is 0 Å². The lowest BCUT2D eigenvalue weighted by Gasteiger charge is -2.14. The van der Waals surface area contributed by atoms with E-state index in [0.717, 1.165) is 5.56 Å². The lowest BCUT2D eigenvalue weighted by atomic mass is 10.1. The monoisotopic (exact) mass is 272 g/mol. The zero-order valence-electron chi connectivity index (χ0n) is 10.9. The summed E-state index contributed by atoms with van der Waals surface area (Å²) in [5.74, 6) is -0.777. The number of hydrogen-bond acceptors (Lipinski definition) is 4. The number of nitrogens with two attached hydrogens (primary N) is 1. The number of rotatable bonds is 6. The molecule has 0 saturated carbocycles. The van der Waals surface area contributed by atoms with Gasteiger partial charge in [-0.1, -0.05) is 30.3 Å². The fourth-order valence-corrected chi connectivity index (χ4v) is 1.84. The van der Waals surface area contributed by atoms with E-state index in [4.69, 9.17) is 15.6 Å². The molecule has 5 nitrogen and oxygen atoms in total. The Labute approximate surface area is 117 Å². The molecule has 1 aromatic heterocycles. The van der Waals surface area contributed by atoms with Crippen molar-refractivity contribution in [3.8, 4) is 5.75 Å². The summed E-state index contributed by atoms with van der Waals surface area (Å²) in [5, 5.41) is 9.01. The largest absolute Gasteiger partial charge is 0.491 e. The van der Waals surface area contributed by atoms with Crippen LogP contribution in [0.15, 0.2) is 48.8 Å². The Hall–Kier alpha value is -2.40. The minimum atomic E-state index is -1.07. The fraction of sp³-hybridized carbons (Fsp3) is 0.200. The molecule has 0 radical (unpaired) electrons. The van der Waals surface area contributed by atoms with Gasteiger partial charge in [0.25, 0.3) is 0 Å². The Morgan fingerprint density at radius 3 is 2.75 bits per heavy atom. The Morgan fingerprint density at radius 1 is 1.30 bits per heavy atom. The van der Waals surface area contributed by atoms with Crippen molar-refractivity contribution in [2.45, 2.75) is 12.5 Å². The average Bonchev–Trinajstić information content (AvgIpc) is 2.46. The number of aromatic nitrogens is 1. The molecule has 2 aromatic rings. The molecule has 5 heteroatoms. The van der Waals surface area contributed by atoms with Gasteiger partial charge in [0, 0.05) is 18.4 Å². The van der Waals surface area contributed by atoms with Gasteiger partial charge in [-0.3, -0.25) is 4.98 Å². The molecule has 0 saturated heterocycles. The van der Waals surface area contributed by atoms with Gasteiger partial charge in [0.1, 0.15) is 17.9 Å². The summed E-state index contributed by atoms with van der Waals surface area (Å²) in [7, 11) is 0. The summed E-state index contributed by atoms with van der Waals surface area (Å²) in [6.45, 7) is 0.249. The predicted molar refractivity (Wildman–Crippen MR) is 74.8 cm³/mol. The number of ether oxygens (including phenoxy) is 1. The smallest absolute Gasteiger partial charge is 0.341 e. The van der Waals surface area contributed by atoms with E-state index in [2.05, 4.69) is 4.98 Å². The van der Waals surface area contributed by atoms with Crippen LogP contribution in [0.4, 0.5) is 0 Å². The lowest BCUT2D eigenvalue weighted by molar-refractivity contribution is 0.0691.